The molecule has 0 spiro atoms. The van der Waals surface area contributed by atoms with E-state index in [1.807, 2.05) is 18.2 Å². The second-order valence-corrected chi connectivity index (χ2v) is 5.81. The maximum atomic E-state index is 11.4. The van der Waals surface area contributed by atoms with Gasteiger partial charge >= 0.3 is 0 Å². The van der Waals surface area contributed by atoms with Crippen molar-refractivity contribution >= 4 is 29.0 Å². The summed E-state index contributed by atoms with van der Waals surface area (Å²) in [7, 11) is 0. The van der Waals surface area contributed by atoms with Crippen LogP contribution in [0.5, 0.6) is 0 Å². The number of nitrogens with two attached hydrogens (primary N) is 1. The molecule has 0 radical (unpaired) electrons. The number of hydrogen-bond donors (Lipinski definition) is 2. The van der Waals surface area contributed by atoms with Gasteiger partial charge in [-0.15, -0.1) is 0 Å². The number of benzene rings is 2. The minimum Gasteiger partial charge on any atom is -0.398 e. The standard InChI is InChI=1S/C15H14N2OS/c1-9-3-2-4-11(5-9)19-14-8-13-10(6-12(14)16)7-15(18)17-13/h2-6,8H,7,16H2,1H3,(H,17,18). The van der Waals surface area contributed by atoms with Crippen molar-refractivity contribution in [2.24, 2.45) is 0 Å². The van der Waals surface area contributed by atoms with Crippen LogP contribution in [-0.2, 0) is 11.2 Å². The van der Waals surface area contributed by atoms with Crippen LogP contribution in [0.1, 0.15) is 11.1 Å². The second-order valence-electron chi connectivity index (χ2n) is 4.69. The Morgan fingerprint density at radius 1 is 1.26 bits per heavy atom. The highest BCUT2D eigenvalue weighted by Gasteiger charge is 2.19. The summed E-state index contributed by atoms with van der Waals surface area (Å²) in [5.74, 6) is 0.0344. The predicted octanol–water partition coefficient (Wildman–Crippen LogP) is 3.22. The van der Waals surface area contributed by atoms with E-state index >= 15 is 0 Å². The molecule has 0 bridgehead atoms. The molecule has 0 unspecified atom stereocenters. The van der Waals surface area contributed by atoms with Crippen molar-refractivity contribution in [3.05, 3.63) is 47.5 Å². The molecule has 0 atom stereocenters. The van der Waals surface area contributed by atoms with Gasteiger partial charge in [-0.2, -0.15) is 0 Å². The number of anilines is 2. The Balaban J connectivity index is 1.94. The zero-order valence-corrected chi connectivity index (χ0v) is 11.4. The fourth-order valence-corrected chi connectivity index (χ4v) is 3.17. The summed E-state index contributed by atoms with van der Waals surface area (Å²) in [6, 6.07) is 12.1. The van der Waals surface area contributed by atoms with Crippen LogP contribution in [0.3, 0.4) is 0 Å². The number of nitrogen functional groups attached to an aromatic ring is 1. The van der Waals surface area contributed by atoms with E-state index in [9.17, 15) is 4.79 Å². The fraction of sp³-hybridized carbons (Fsp3) is 0.133. The molecule has 4 heteroatoms. The van der Waals surface area contributed by atoms with E-state index in [2.05, 4.69) is 30.4 Å². The zero-order chi connectivity index (χ0) is 13.4. The number of fused-ring (bicyclic) bond motifs is 1. The van der Waals surface area contributed by atoms with Crippen molar-refractivity contribution in [1.82, 2.24) is 0 Å². The van der Waals surface area contributed by atoms with Gasteiger partial charge in [0.1, 0.15) is 0 Å². The van der Waals surface area contributed by atoms with Crippen molar-refractivity contribution in [3.63, 3.8) is 0 Å². The molecule has 1 aliphatic heterocycles. The Morgan fingerprint density at radius 3 is 2.89 bits per heavy atom. The highest BCUT2D eigenvalue weighted by atomic mass is 32.2. The number of nitrogens with one attached hydrogen (secondary N) is 1. The summed E-state index contributed by atoms with van der Waals surface area (Å²) in [6.45, 7) is 2.07. The number of aryl methyl sites for hydroxylation is 1. The zero-order valence-electron chi connectivity index (χ0n) is 10.6. The summed E-state index contributed by atoms with van der Waals surface area (Å²) in [6.07, 6.45) is 0.426. The van der Waals surface area contributed by atoms with Gasteiger partial charge in [-0.05, 0) is 36.8 Å². The Labute approximate surface area is 116 Å². The van der Waals surface area contributed by atoms with Crippen molar-refractivity contribution in [3.8, 4) is 0 Å². The quantitative estimate of drug-likeness (QED) is 0.824. The maximum Gasteiger partial charge on any atom is 0.228 e. The van der Waals surface area contributed by atoms with Gasteiger partial charge in [0.25, 0.3) is 0 Å². The number of rotatable bonds is 2. The lowest BCUT2D eigenvalue weighted by molar-refractivity contribution is -0.115. The van der Waals surface area contributed by atoms with Crippen LogP contribution in [0.25, 0.3) is 0 Å². The minimum absolute atomic E-state index is 0.0344. The molecule has 19 heavy (non-hydrogen) atoms. The van der Waals surface area contributed by atoms with Gasteiger partial charge in [0.05, 0.1) is 6.42 Å². The Kier molecular flexibility index (Phi) is 2.95. The van der Waals surface area contributed by atoms with Gasteiger partial charge in [-0.1, -0.05) is 29.5 Å². The highest BCUT2D eigenvalue weighted by Crippen LogP contribution is 2.37. The molecule has 3 nitrogen and oxygen atoms in total. The van der Waals surface area contributed by atoms with Gasteiger partial charge in [0.2, 0.25) is 5.91 Å². The summed E-state index contributed by atoms with van der Waals surface area (Å²) in [5, 5.41) is 2.85. The SMILES string of the molecule is Cc1cccc(Sc2cc3c(cc2N)CC(=O)N3)c1. The average molecular weight is 270 g/mol. The fourth-order valence-electron chi connectivity index (χ4n) is 2.17. The average Bonchev–Trinajstić information content (AvgIpc) is 2.69. The van der Waals surface area contributed by atoms with Crippen LogP contribution >= 0.6 is 11.8 Å². The van der Waals surface area contributed by atoms with Crippen LogP contribution in [-0.4, -0.2) is 5.91 Å². The molecule has 0 aromatic heterocycles. The van der Waals surface area contributed by atoms with E-state index in [0.717, 1.165) is 26.7 Å². The first-order chi connectivity index (χ1) is 9.11. The molecule has 0 saturated carbocycles. The molecule has 2 aromatic carbocycles. The smallest absolute Gasteiger partial charge is 0.228 e. The number of carbonyl (C=O) groups is 1. The maximum absolute atomic E-state index is 11.4. The molecule has 3 rings (SSSR count). The molecule has 2 aromatic rings. The monoisotopic (exact) mass is 270 g/mol. The molecular formula is C15H14N2OS. The van der Waals surface area contributed by atoms with Gasteiger partial charge in [0.15, 0.2) is 0 Å². The first-order valence-corrected chi connectivity index (χ1v) is 6.90. The van der Waals surface area contributed by atoms with E-state index in [1.54, 1.807) is 11.8 Å². The van der Waals surface area contributed by atoms with E-state index in [1.165, 1.54) is 5.56 Å². The Bertz CT molecular complexity index is 667. The molecule has 0 aliphatic carbocycles. The van der Waals surface area contributed by atoms with Gasteiger partial charge in [-0.3, -0.25) is 4.79 Å². The topological polar surface area (TPSA) is 55.1 Å². The molecule has 3 N–H and O–H groups in total. The lowest BCUT2D eigenvalue weighted by Gasteiger charge is -2.09. The third-order valence-electron chi connectivity index (χ3n) is 3.08. The lowest BCUT2D eigenvalue weighted by atomic mass is 10.1. The van der Waals surface area contributed by atoms with Crippen LogP contribution in [0, 0.1) is 6.92 Å². The van der Waals surface area contributed by atoms with Gasteiger partial charge in [-0.25, -0.2) is 0 Å². The summed E-state index contributed by atoms with van der Waals surface area (Å²) >= 11 is 1.62. The van der Waals surface area contributed by atoms with Crippen molar-refractivity contribution < 1.29 is 4.79 Å². The van der Waals surface area contributed by atoms with E-state index < -0.39 is 0 Å². The van der Waals surface area contributed by atoms with Crippen molar-refractivity contribution in [2.75, 3.05) is 11.1 Å². The molecule has 1 amide bonds. The predicted molar refractivity (Wildman–Crippen MR) is 78.5 cm³/mol. The minimum atomic E-state index is 0.0344. The number of hydrogen-bond acceptors (Lipinski definition) is 3. The van der Waals surface area contributed by atoms with Crippen LogP contribution < -0.4 is 11.1 Å². The van der Waals surface area contributed by atoms with E-state index in [4.69, 9.17) is 5.73 Å². The van der Waals surface area contributed by atoms with Crippen LogP contribution in [0.15, 0.2) is 46.2 Å². The van der Waals surface area contributed by atoms with Gasteiger partial charge in [0, 0.05) is 21.2 Å². The molecular weight excluding hydrogens is 256 g/mol. The van der Waals surface area contributed by atoms with Crippen LogP contribution in [0.2, 0.25) is 0 Å². The Morgan fingerprint density at radius 2 is 2.11 bits per heavy atom. The van der Waals surface area contributed by atoms with Crippen molar-refractivity contribution in [2.45, 2.75) is 23.1 Å². The first-order valence-electron chi connectivity index (χ1n) is 6.08. The number of amides is 1. The van der Waals surface area contributed by atoms with Crippen molar-refractivity contribution in [1.29, 1.82) is 0 Å². The molecule has 0 saturated heterocycles. The summed E-state index contributed by atoms with van der Waals surface area (Å²) < 4.78 is 0. The van der Waals surface area contributed by atoms with E-state index in [-0.39, 0.29) is 5.91 Å². The Hall–Kier alpha value is -1.94. The first kappa shape index (κ1) is 12.1. The molecule has 1 heterocycles. The van der Waals surface area contributed by atoms with E-state index in [0.29, 0.717) is 6.42 Å². The van der Waals surface area contributed by atoms with Gasteiger partial charge < -0.3 is 11.1 Å². The molecule has 1 aliphatic rings. The molecule has 0 fully saturated rings. The summed E-state index contributed by atoms with van der Waals surface area (Å²) in [4.78, 5) is 13.5. The number of carbonyl (C=O) groups excluding carboxylic acids is 1. The third-order valence-corrected chi connectivity index (χ3v) is 4.14. The highest BCUT2D eigenvalue weighted by molar-refractivity contribution is 7.99. The molecule has 96 valence electrons. The lowest BCUT2D eigenvalue weighted by Crippen LogP contribution is -2.03. The largest absolute Gasteiger partial charge is 0.398 e. The third kappa shape index (κ3) is 2.44. The second kappa shape index (κ2) is 4.63. The summed E-state index contributed by atoms with van der Waals surface area (Å²) in [5.41, 5.74) is 9.88. The normalized spacial score (nSPS) is 13.2. The van der Waals surface area contributed by atoms with Crippen LogP contribution in [0.4, 0.5) is 11.4 Å².